The molecule has 2 heterocycles. The Morgan fingerprint density at radius 2 is 1.84 bits per heavy atom. The molecule has 0 aliphatic rings. The molecule has 0 aliphatic carbocycles. The number of aromatic nitrogens is 4. The quantitative estimate of drug-likeness (QED) is 0.311. The molecule has 9 heteroatoms. The summed E-state index contributed by atoms with van der Waals surface area (Å²) in [7, 11) is 3.52. The third kappa shape index (κ3) is 4.47. The third-order valence-electron chi connectivity index (χ3n) is 5.05. The molecule has 7 nitrogen and oxygen atoms in total. The Labute approximate surface area is 189 Å². The summed E-state index contributed by atoms with van der Waals surface area (Å²) < 4.78 is 20.1. The lowest BCUT2D eigenvalue weighted by Gasteiger charge is -2.20. The number of nitrogens with zero attached hydrogens (tertiary/aromatic N) is 4. The van der Waals surface area contributed by atoms with Crippen LogP contribution in [0.4, 0.5) is 15.9 Å². The number of halogens is 1. The van der Waals surface area contributed by atoms with Gasteiger partial charge in [0.2, 0.25) is 0 Å². The molecular formula is C23H24FN5O2S. The summed E-state index contributed by atoms with van der Waals surface area (Å²) in [4.78, 5) is 27.1. The summed E-state index contributed by atoms with van der Waals surface area (Å²) in [6.07, 6.45) is 0.977. The first-order valence-electron chi connectivity index (χ1n) is 10.3. The van der Waals surface area contributed by atoms with Crippen LogP contribution in [-0.4, -0.2) is 39.4 Å². The first-order valence-corrected chi connectivity index (χ1v) is 11.2. The van der Waals surface area contributed by atoms with Crippen LogP contribution >= 0.6 is 11.8 Å². The highest BCUT2D eigenvalue weighted by atomic mass is 32.2. The van der Waals surface area contributed by atoms with Gasteiger partial charge in [0.25, 0.3) is 0 Å². The molecule has 0 aliphatic heterocycles. The van der Waals surface area contributed by atoms with Crippen molar-refractivity contribution in [1.29, 1.82) is 0 Å². The van der Waals surface area contributed by atoms with Crippen molar-refractivity contribution in [3.63, 3.8) is 0 Å². The number of ether oxygens (including phenoxy) is 1. The monoisotopic (exact) mass is 453 g/mol. The molecule has 0 spiro atoms. The van der Waals surface area contributed by atoms with E-state index in [1.165, 1.54) is 12.1 Å². The number of hydrogen-bond acceptors (Lipinski definition) is 6. The maximum absolute atomic E-state index is 13.3. The van der Waals surface area contributed by atoms with Gasteiger partial charge in [-0.15, -0.1) is 0 Å². The zero-order chi connectivity index (χ0) is 22.7. The Morgan fingerprint density at radius 3 is 2.50 bits per heavy atom. The summed E-state index contributed by atoms with van der Waals surface area (Å²) in [5, 5.41) is 0.599. The minimum Gasteiger partial charge on any atom is -0.497 e. The molecule has 0 amide bonds. The second-order valence-electron chi connectivity index (χ2n) is 7.28. The molecule has 0 unspecified atom stereocenters. The van der Waals surface area contributed by atoms with Gasteiger partial charge in [-0.2, -0.15) is 0 Å². The van der Waals surface area contributed by atoms with Crippen LogP contribution in [0.1, 0.15) is 18.9 Å². The summed E-state index contributed by atoms with van der Waals surface area (Å²) in [6.45, 7) is 2.37. The fraction of sp³-hybridized carbons (Fsp3) is 0.261. The molecule has 2 aromatic heterocycles. The van der Waals surface area contributed by atoms with Crippen LogP contribution in [0.2, 0.25) is 0 Å². The van der Waals surface area contributed by atoms with Gasteiger partial charge in [0.1, 0.15) is 17.1 Å². The van der Waals surface area contributed by atoms with Gasteiger partial charge in [0, 0.05) is 18.5 Å². The fourth-order valence-corrected chi connectivity index (χ4v) is 4.03. The second kappa shape index (κ2) is 9.44. The topological polar surface area (TPSA) is 76.0 Å². The molecule has 0 atom stereocenters. The van der Waals surface area contributed by atoms with Crippen molar-refractivity contribution in [2.24, 2.45) is 0 Å². The van der Waals surface area contributed by atoms with E-state index in [0.717, 1.165) is 29.2 Å². The van der Waals surface area contributed by atoms with E-state index >= 15 is 0 Å². The number of benzene rings is 2. The van der Waals surface area contributed by atoms with E-state index in [4.69, 9.17) is 9.72 Å². The fourth-order valence-electron chi connectivity index (χ4n) is 3.34. The number of aromatic amines is 1. The maximum atomic E-state index is 13.3. The van der Waals surface area contributed by atoms with E-state index in [9.17, 15) is 9.18 Å². The molecule has 0 saturated carbocycles. The smallest absolute Gasteiger partial charge is 0.328 e. The highest BCUT2D eigenvalue weighted by Gasteiger charge is 2.19. The zero-order valence-electron chi connectivity index (χ0n) is 18.1. The highest BCUT2D eigenvalue weighted by molar-refractivity contribution is 7.99. The van der Waals surface area contributed by atoms with Crippen LogP contribution < -0.4 is 15.3 Å². The summed E-state index contributed by atoms with van der Waals surface area (Å²) in [6, 6.07) is 13.7. The minimum absolute atomic E-state index is 0.277. The van der Waals surface area contributed by atoms with E-state index in [1.807, 2.05) is 36.2 Å². The van der Waals surface area contributed by atoms with E-state index in [0.29, 0.717) is 22.1 Å². The number of thioether (sulfide) groups is 1. The normalized spacial score (nSPS) is 11.1. The Balaban J connectivity index is 1.82. The number of anilines is 2. The molecule has 166 valence electrons. The number of hydrogen-bond donors (Lipinski definition) is 1. The predicted octanol–water partition coefficient (Wildman–Crippen LogP) is 4.59. The molecule has 4 rings (SSSR count). The number of rotatable bonds is 8. The SMILES string of the molecule is CCCSc1nc(N(C)c2ccc(OC)cc2)c2[nH]c(=O)n(Cc3ccc(F)cc3)c2n1. The van der Waals surface area contributed by atoms with Gasteiger partial charge in [-0.3, -0.25) is 4.57 Å². The number of H-pyrrole nitrogens is 1. The van der Waals surface area contributed by atoms with Crippen LogP contribution in [0.3, 0.4) is 0 Å². The van der Waals surface area contributed by atoms with Gasteiger partial charge in [-0.05, 0) is 48.4 Å². The van der Waals surface area contributed by atoms with Crippen molar-refractivity contribution in [3.05, 3.63) is 70.4 Å². The molecule has 0 saturated heterocycles. The van der Waals surface area contributed by atoms with Crippen molar-refractivity contribution >= 4 is 34.4 Å². The average Bonchev–Trinajstić information content (AvgIpc) is 3.13. The highest BCUT2D eigenvalue weighted by Crippen LogP contribution is 2.30. The largest absolute Gasteiger partial charge is 0.497 e. The Morgan fingerprint density at radius 1 is 1.12 bits per heavy atom. The van der Waals surface area contributed by atoms with E-state index in [1.54, 1.807) is 35.6 Å². The molecular weight excluding hydrogens is 429 g/mol. The summed E-state index contributed by atoms with van der Waals surface area (Å²) in [5.74, 6) is 1.91. The lowest BCUT2D eigenvalue weighted by Crippen LogP contribution is -2.17. The van der Waals surface area contributed by atoms with Crippen molar-refractivity contribution in [1.82, 2.24) is 19.5 Å². The standard InChI is InChI=1S/C23H24FN5O2S/c1-4-13-32-22-26-20(28(2)17-9-11-18(31-3)12-10-17)19-21(27-22)29(23(30)25-19)14-15-5-7-16(24)8-6-15/h5-12H,4,13-14H2,1-3H3,(H,25,30). The summed E-state index contributed by atoms with van der Waals surface area (Å²) in [5.41, 5.74) is 2.48. The van der Waals surface area contributed by atoms with E-state index < -0.39 is 0 Å². The molecule has 0 radical (unpaired) electrons. The third-order valence-corrected chi connectivity index (χ3v) is 6.10. The number of imidazole rings is 1. The van der Waals surface area contributed by atoms with Gasteiger partial charge in [0.15, 0.2) is 16.6 Å². The van der Waals surface area contributed by atoms with Gasteiger partial charge in [0.05, 0.1) is 13.7 Å². The van der Waals surface area contributed by atoms with Crippen molar-refractivity contribution in [3.8, 4) is 5.75 Å². The van der Waals surface area contributed by atoms with Crippen LogP contribution in [-0.2, 0) is 6.54 Å². The van der Waals surface area contributed by atoms with Gasteiger partial charge in [-0.1, -0.05) is 30.8 Å². The maximum Gasteiger partial charge on any atom is 0.328 e. The molecule has 0 bridgehead atoms. The van der Waals surface area contributed by atoms with Crippen molar-refractivity contribution in [2.45, 2.75) is 25.0 Å². The van der Waals surface area contributed by atoms with E-state index in [-0.39, 0.29) is 18.1 Å². The van der Waals surface area contributed by atoms with E-state index in [2.05, 4.69) is 16.9 Å². The second-order valence-corrected chi connectivity index (χ2v) is 8.34. The molecule has 1 N–H and O–H groups in total. The number of methoxy groups -OCH3 is 1. The number of nitrogens with one attached hydrogen (secondary N) is 1. The van der Waals surface area contributed by atoms with Crippen LogP contribution in [0.15, 0.2) is 58.5 Å². The minimum atomic E-state index is -0.316. The molecule has 0 fully saturated rings. The predicted molar refractivity (Wildman–Crippen MR) is 126 cm³/mol. The summed E-state index contributed by atoms with van der Waals surface area (Å²) >= 11 is 1.55. The first-order chi connectivity index (χ1) is 15.5. The van der Waals surface area contributed by atoms with Gasteiger partial charge in [-0.25, -0.2) is 19.2 Å². The lowest BCUT2D eigenvalue weighted by atomic mass is 10.2. The van der Waals surface area contributed by atoms with Gasteiger partial charge < -0.3 is 14.6 Å². The Hall–Kier alpha value is -3.33. The van der Waals surface area contributed by atoms with Crippen LogP contribution in [0.5, 0.6) is 5.75 Å². The molecule has 4 aromatic rings. The van der Waals surface area contributed by atoms with Crippen molar-refractivity contribution < 1.29 is 9.13 Å². The Bertz CT molecular complexity index is 1270. The van der Waals surface area contributed by atoms with Gasteiger partial charge >= 0.3 is 5.69 Å². The lowest BCUT2D eigenvalue weighted by molar-refractivity contribution is 0.415. The first kappa shape index (κ1) is 21.9. The van der Waals surface area contributed by atoms with Crippen molar-refractivity contribution in [2.75, 3.05) is 24.8 Å². The van der Waals surface area contributed by atoms with Crippen LogP contribution in [0.25, 0.3) is 11.2 Å². The molecule has 2 aromatic carbocycles. The van der Waals surface area contributed by atoms with Crippen LogP contribution in [0, 0.1) is 5.82 Å². The molecule has 32 heavy (non-hydrogen) atoms. The number of fused-ring (bicyclic) bond motifs is 1. The zero-order valence-corrected chi connectivity index (χ0v) is 18.9. The average molecular weight is 454 g/mol. The Kier molecular flexibility index (Phi) is 6.45.